The molecule has 0 spiro atoms. The molecular formula is C58H93N3O16. The van der Waals surface area contributed by atoms with Gasteiger partial charge in [-0.2, -0.15) is 0 Å². The number of nitrogens with zero attached hydrogens (tertiary/aromatic N) is 3. The van der Waals surface area contributed by atoms with Crippen molar-refractivity contribution in [1.82, 2.24) is 14.4 Å². The topological polar surface area (TPSA) is 238 Å². The van der Waals surface area contributed by atoms with Crippen molar-refractivity contribution < 1.29 is 73.0 Å². The summed E-state index contributed by atoms with van der Waals surface area (Å²) in [7, 11) is 7.23. The first kappa shape index (κ1) is 62.8. The van der Waals surface area contributed by atoms with E-state index in [0.29, 0.717) is 51.0 Å². The molecule has 1 saturated carbocycles. The van der Waals surface area contributed by atoms with E-state index < -0.39 is 107 Å². The number of aliphatic hydroxyl groups excluding tert-OH is 2. The summed E-state index contributed by atoms with van der Waals surface area (Å²) in [5.74, 6) is -3.92. The average Bonchev–Trinajstić information content (AvgIpc) is 4.22. The maximum Gasteiger partial charge on any atom is 0.341 e. The highest BCUT2D eigenvalue weighted by molar-refractivity contribution is 5.93. The molecule has 6 rings (SSSR count). The monoisotopic (exact) mass is 1090 g/mol. The fraction of sp³-hybridized carbons (Fsp3) is 0.776. The number of ether oxygens (including phenoxy) is 8. The molecule has 2 aromatic rings. The predicted molar refractivity (Wildman–Crippen MR) is 290 cm³/mol. The number of hydrogen-bond acceptors (Lipinski definition) is 17. The van der Waals surface area contributed by atoms with Gasteiger partial charge >= 0.3 is 11.9 Å². The van der Waals surface area contributed by atoms with Crippen LogP contribution in [0.15, 0.2) is 35.3 Å². The third-order valence-electron chi connectivity index (χ3n) is 16.9. The van der Waals surface area contributed by atoms with Gasteiger partial charge in [-0.15, -0.1) is 0 Å². The van der Waals surface area contributed by atoms with E-state index in [1.165, 1.54) is 13.1 Å². The Morgan fingerprint density at radius 1 is 0.948 bits per heavy atom. The van der Waals surface area contributed by atoms with Crippen molar-refractivity contribution in [1.29, 1.82) is 0 Å². The van der Waals surface area contributed by atoms with Crippen LogP contribution in [0.3, 0.4) is 0 Å². The molecule has 1 aromatic carbocycles. The standard InChI is InChI=1S/C58H93N3O16/c1-15-45-58(10,69)50(64)37(6)60(13)31-33(2)29-56(8,68)51(77-55-48(63)44(59(11)12)27-34(3)73-55)35(4)49(36(5)54(67)75-45)76-46-30-57(9,70-14)52(38(7)74-46)72-26-17-16-24-71-25-18-19-39-20-23-43-41(28-39)47(62)42(53(65)66)32-61(43)40-21-22-40/h18-20,23,28,32-38,40,44-46,48-52,55,63-64,68-69H,15-17,21-22,24-27,29-31H2,1-14H3,(H,65,66)/t33-,34-,35+,36-,37-,38+,44+,45-,46+,48-,49+,50-,51-,52+,55+,56-,57-,58-/m1/s1. The number of likely N-dealkylation sites (N-methyl/N-ethyl adjacent to an activating group) is 2. The lowest BCUT2D eigenvalue weighted by Gasteiger charge is -2.49. The Kier molecular flexibility index (Phi) is 21.6. The number of aromatic nitrogens is 1. The van der Waals surface area contributed by atoms with Gasteiger partial charge in [-0.3, -0.25) is 9.59 Å². The van der Waals surface area contributed by atoms with Gasteiger partial charge in [0.1, 0.15) is 35.6 Å². The van der Waals surface area contributed by atoms with Crippen molar-refractivity contribution in [3.63, 3.8) is 0 Å². The first-order valence-electron chi connectivity index (χ1n) is 28.0. The zero-order valence-corrected chi connectivity index (χ0v) is 48.3. The number of cyclic esters (lactones) is 1. The third-order valence-corrected chi connectivity index (χ3v) is 16.9. The quantitative estimate of drug-likeness (QED) is 0.0878. The second-order valence-corrected chi connectivity index (χ2v) is 23.8. The Bertz CT molecular complexity index is 2360. The van der Waals surface area contributed by atoms with Crippen LogP contribution in [0.1, 0.15) is 143 Å². The number of methoxy groups -OCH3 is 1. The van der Waals surface area contributed by atoms with Gasteiger partial charge in [0.2, 0.25) is 5.43 Å². The largest absolute Gasteiger partial charge is 0.477 e. The van der Waals surface area contributed by atoms with Gasteiger partial charge in [0.15, 0.2) is 12.6 Å². The number of aromatic carboxylic acids is 1. The van der Waals surface area contributed by atoms with E-state index in [1.54, 1.807) is 40.9 Å². The summed E-state index contributed by atoms with van der Waals surface area (Å²) in [6, 6.07) is 4.85. The fourth-order valence-electron chi connectivity index (χ4n) is 12.2. The molecule has 4 aliphatic rings. The molecule has 1 aromatic heterocycles. The summed E-state index contributed by atoms with van der Waals surface area (Å²) in [5.41, 5.74) is -3.57. The SMILES string of the molecule is CC[C@H]1OC(=O)[C@H](C)[C@@H](O[C@H]2C[C@@](C)(OC)[C@@H](OCCCCOCC=Cc3ccc4c(c3)c(=O)c(C(=O)O)cn4C3CC3)[C@H](C)O2)[C@H](C)[C@@H](O[C@@H]2O[C@H](C)C[C@H](N(C)C)[C@H]2O)[C@](C)(O)C[C@@H](C)CN(C)[C@H](C)[C@@H](O)[C@]1(C)O. The Morgan fingerprint density at radius 3 is 2.27 bits per heavy atom. The van der Waals surface area contributed by atoms with Crippen molar-refractivity contribution in [3.8, 4) is 0 Å². The number of aliphatic hydroxyl groups is 4. The number of unbranched alkanes of at least 4 members (excludes halogenated alkanes) is 1. The second-order valence-electron chi connectivity index (χ2n) is 23.8. The summed E-state index contributed by atoms with van der Waals surface area (Å²) in [6.07, 6.45) is 0.617. The minimum Gasteiger partial charge on any atom is -0.477 e. The Labute approximate surface area is 456 Å². The molecule has 4 heterocycles. The second kappa shape index (κ2) is 26.5. The molecule has 18 atom stereocenters. The van der Waals surface area contributed by atoms with Crippen molar-refractivity contribution in [2.24, 2.45) is 17.8 Å². The number of rotatable bonds is 18. The lowest BCUT2D eigenvalue weighted by atomic mass is 9.77. The number of carboxylic acids is 1. The molecule has 3 saturated heterocycles. The molecular weight excluding hydrogens is 995 g/mol. The number of fused-ring (bicyclic) bond motifs is 1. The van der Waals surface area contributed by atoms with Crippen LogP contribution in [0.2, 0.25) is 0 Å². The van der Waals surface area contributed by atoms with Gasteiger partial charge in [-0.25, -0.2) is 4.79 Å². The summed E-state index contributed by atoms with van der Waals surface area (Å²) in [6.45, 7) is 19.6. The summed E-state index contributed by atoms with van der Waals surface area (Å²) >= 11 is 0. The smallest absolute Gasteiger partial charge is 0.341 e. The van der Waals surface area contributed by atoms with Crippen LogP contribution in [0, 0.1) is 17.8 Å². The van der Waals surface area contributed by atoms with E-state index in [0.717, 1.165) is 23.9 Å². The number of carbonyl (C=O) groups is 2. The molecule has 19 nitrogen and oxygen atoms in total. The van der Waals surface area contributed by atoms with E-state index in [2.05, 4.69) is 0 Å². The van der Waals surface area contributed by atoms with E-state index in [-0.39, 0.29) is 48.9 Å². The average molecular weight is 1090 g/mol. The Balaban J connectivity index is 1.15. The summed E-state index contributed by atoms with van der Waals surface area (Å²) in [5, 5.41) is 58.2. The van der Waals surface area contributed by atoms with Crippen LogP contribution < -0.4 is 5.43 Å². The highest BCUT2D eigenvalue weighted by Gasteiger charge is 2.53. The Morgan fingerprint density at radius 2 is 1.64 bits per heavy atom. The molecule has 77 heavy (non-hydrogen) atoms. The van der Waals surface area contributed by atoms with Gasteiger partial charge in [0.05, 0.1) is 53.7 Å². The minimum atomic E-state index is -1.83. The van der Waals surface area contributed by atoms with Crippen LogP contribution >= 0.6 is 0 Å². The van der Waals surface area contributed by atoms with Gasteiger partial charge in [0, 0.05) is 68.9 Å². The van der Waals surface area contributed by atoms with Crippen molar-refractivity contribution in [2.45, 2.75) is 217 Å². The molecule has 5 N–H and O–H groups in total. The van der Waals surface area contributed by atoms with Crippen molar-refractivity contribution in [2.75, 3.05) is 54.6 Å². The fourth-order valence-corrected chi connectivity index (χ4v) is 12.2. The van der Waals surface area contributed by atoms with Gasteiger partial charge in [-0.1, -0.05) is 39.0 Å². The first-order chi connectivity index (χ1) is 36.1. The number of carboxylic acid groups (broad SMARTS) is 1. The van der Waals surface area contributed by atoms with Crippen molar-refractivity contribution in [3.05, 3.63) is 51.8 Å². The van der Waals surface area contributed by atoms with E-state index in [9.17, 15) is 39.9 Å². The van der Waals surface area contributed by atoms with Crippen LogP contribution in [0.5, 0.6) is 0 Å². The lowest BCUT2D eigenvalue weighted by molar-refractivity contribution is -0.320. The highest BCUT2D eigenvalue weighted by Crippen LogP contribution is 2.41. The van der Waals surface area contributed by atoms with Crippen molar-refractivity contribution >= 4 is 28.9 Å². The predicted octanol–water partition coefficient (Wildman–Crippen LogP) is 5.78. The van der Waals surface area contributed by atoms with E-state index in [1.807, 2.05) is 94.4 Å². The van der Waals surface area contributed by atoms with Crippen LogP contribution in [0.25, 0.3) is 17.0 Å². The number of esters is 1. The molecule has 4 fully saturated rings. The molecule has 0 radical (unpaired) electrons. The lowest BCUT2D eigenvalue weighted by Crippen LogP contribution is -2.61. The molecule has 0 unspecified atom stereocenters. The molecule has 0 amide bonds. The molecule has 19 heteroatoms. The highest BCUT2D eigenvalue weighted by atomic mass is 16.7. The molecule has 436 valence electrons. The number of benzene rings is 1. The van der Waals surface area contributed by atoms with Gasteiger partial charge in [-0.05, 0) is 138 Å². The number of carbonyl (C=O) groups excluding carboxylic acids is 1. The van der Waals surface area contributed by atoms with Crippen LogP contribution in [-0.2, 0) is 42.7 Å². The summed E-state index contributed by atoms with van der Waals surface area (Å²) < 4.78 is 53.4. The normalized spacial score (nSPS) is 38.4. The van der Waals surface area contributed by atoms with E-state index in [4.69, 9.17) is 37.9 Å². The first-order valence-corrected chi connectivity index (χ1v) is 28.0. The Hall–Kier alpha value is -3.41. The third kappa shape index (κ3) is 14.9. The van der Waals surface area contributed by atoms with E-state index >= 15 is 0 Å². The minimum absolute atomic E-state index is 0.173. The summed E-state index contributed by atoms with van der Waals surface area (Å²) in [4.78, 5) is 43.3. The van der Waals surface area contributed by atoms with Crippen LogP contribution in [-0.4, -0.2) is 197 Å². The van der Waals surface area contributed by atoms with Gasteiger partial charge < -0.3 is 77.8 Å². The molecule has 3 aliphatic heterocycles. The number of hydrogen-bond donors (Lipinski definition) is 5. The maximum absolute atomic E-state index is 14.6. The maximum atomic E-state index is 14.6. The molecule has 0 bridgehead atoms. The number of pyridine rings is 1. The zero-order chi connectivity index (χ0) is 56.9. The van der Waals surface area contributed by atoms with Gasteiger partial charge in [0.25, 0.3) is 0 Å². The molecule has 1 aliphatic carbocycles. The van der Waals surface area contributed by atoms with Crippen LogP contribution in [0.4, 0.5) is 0 Å². The zero-order valence-electron chi connectivity index (χ0n) is 48.3.